The Morgan fingerprint density at radius 2 is 1.81 bits per heavy atom. The molecule has 21 heavy (non-hydrogen) atoms. The molecule has 2 heterocycles. The quantitative estimate of drug-likeness (QED) is 0.457. The molecule has 0 amide bonds. The Labute approximate surface area is 119 Å². The van der Waals surface area contributed by atoms with Crippen LogP contribution in [0, 0.1) is 0 Å². The van der Waals surface area contributed by atoms with Gasteiger partial charge in [-0.15, -0.1) is 14.6 Å². The highest BCUT2D eigenvalue weighted by molar-refractivity contribution is 7.87. The van der Waals surface area contributed by atoms with Crippen LogP contribution < -0.4 is 0 Å². The van der Waals surface area contributed by atoms with Crippen molar-refractivity contribution >= 4 is 28.6 Å². The van der Waals surface area contributed by atoms with Crippen molar-refractivity contribution in [2.24, 2.45) is 5.10 Å². The van der Waals surface area contributed by atoms with Gasteiger partial charge in [0.1, 0.15) is 0 Å². The number of halogens is 6. The average molecular weight is 359 g/mol. The Kier molecular flexibility index (Phi) is 3.77. The molecule has 0 radical (unpaired) electrons. The van der Waals surface area contributed by atoms with Crippen LogP contribution in [0.1, 0.15) is 6.42 Å². The minimum atomic E-state index is -6.11. The first kappa shape index (κ1) is 16.5. The number of hydrogen-bond acceptors (Lipinski definition) is 7. The maximum absolute atomic E-state index is 12.7. The minimum absolute atomic E-state index is 0.153. The van der Waals surface area contributed by atoms with Crippen LogP contribution >= 0.6 is 12.6 Å². The van der Waals surface area contributed by atoms with Gasteiger partial charge in [0.15, 0.2) is 6.17 Å². The van der Waals surface area contributed by atoms with E-state index in [0.29, 0.717) is 4.90 Å². The van der Waals surface area contributed by atoms with E-state index in [1.165, 1.54) is 0 Å². The molecule has 122 valence electrons. The third-order valence-electron chi connectivity index (χ3n) is 2.68. The van der Waals surface area contributed by atoms with Crippen molar-refractivity contribution in [3.8, 4) is 0 Å². The van der Waals surface area contributed by atoms with Crippen molar-refractivity contribution in [1.82, 2.24) is 10.1 Å². The first-order valence-corrected chi connectivity index (χ1v) is 7.16. The third kappa shape index (κ3) is 3.01. The highest BCUT2D eigenvalue weighted by Gasteiger charge is 2.56. The first-order chi connectivity index (χ1) is 9.33. The van der Waals surface area contributed by atoms with Gasteiger partial charge in [-0.25, -0.2) is 0 Å². The molecule has 2 rings (SSSR count). The highest BCUT2D eigenvalue weighted by Crippen LogP contribution is 2.37. The van der Waals surface area contributed by atoms with E-state index >= 15 is 0 Å². The fraction of sp³-hybridized carbons (Fsp3) is 0.857. The average Bonchev–Trinajstić information content (AvgIpc) is 2.74. The van der Waals surface area contributed by atoms with Crippen LogP contribution in [0.25, 0.3) is 0 Å². The Hall–Kier alpha value is -0.890. The molecule has 2 atom stereocenters. The van der Waals surface area contributed by atoms with Gasteiger partial charge in [-0.3, -0.25) is 0 Å². The molecule has 0 spiro atoms. The van der Waals surface area contributed by atoms with Gasteiger partial charge in [0, 0.05) is 18.2 Å². The maximum Gasteiger partial charge on any atom is 0.525 e. The van der Waals surface area contributed by atoms with Crippen LogP contribution in [0.4, 0.5) is 26.3 Å². The van der Waals surface area contributed by atoms with E-state index in [4.69, 9.17) is 0 Å². The molecular weight excluding hydrogens is 352 g/mol. The van der Waals surface area contributed by atoms with Gasteiger partial charge >= 0.3 is 21.8 Å². The zero-order valence-corrected chi connectivity index (χ0v) is 11.5. The maximum atomic E-state index is 12.7. The monoisotopic (exact) mass is 359 g/mol. The van der Waals surface area contributed by atoms with Crippen LogP contribution in [-0.2, 0) is 14.4 Å². The van der Waals surface area contributed by atoms with Gasteiger partial charge < -0.3 is 4.90 Å². The minimum Gasteiger partial charge on any atom is -0.326 e. The molecular formula is C7H7F6N3O3S2. The van der Waals surface area contributed by atoms with Crippen molar-refractivity contribution in [2.75, 3.05) is 6.54 Å². The normalized spacial score (nSPS) is 27.1. The van der Waals surface area contributed by atoms with Crippen LogP contribution in [-0.4, -0.2) is 54.0 Å². The SMILES string of the molecule is O=S(=O)(ON1N=C(C(F)(F)F)N2CC(S)CC12)C(F)(F)F. The fourth-order valence-corrected chi connectivity index (χ4v) is 2.66. The molecule has 0 aliphatic carbocycles. The van der Waals surface area contributed by atoms with Crippen LogP contribution in [0.5, 0.6) is 0 Å². The lowest BCUT2D eigenvalue weighted by molar-refractivity contribution is -0.127. The predicted molar refractivity (Wildman–Crippen MR) is 59.3 cm³/mol. The van der Waals surface area contributed by atoms with Crippen molar-refractivity contribution in [3.05, 3.63) is 0 Å². The molecule has 1 saturated heterocycles. The number of nitrogens with zero attached hydrogens (tertiary/aromatic N) is 3. The number of fused-ring (bicyclic) bond motifs is 1. The van der Waals surface area contributed by atoms with Gasteiger partial charge in [-0.2, -0.15) is 47.4 Å². The molecule has 0 saturated carbocycles. The first-order valence-electron chi connectivity index (χ1n) is 5.23. The summed E-state index contributed by atoms with van der Waals surface area (Å²) in [4.78, 5) is 0.601. The summed E-state index contributed by atoms with van der Waals surface area (Å²) >= 11 is 3.93. The highest BCUT2D eigenvalue weighted by atomic mass is 32.2. The lowest BCUT2D eigenvalue weighted by Crippen LogP contribution is -2.43. The van der Waals surface area contributed by atoms with Gasteiger partial charge in [-0.1, -0.05) is 0 Å². The zero-order chi connectivity index (χ0) is 16.2. The molecule has 14 heteroatoms. The number of hydroxylamine groups is 1. The zero-order valence-electron chi connectivity index (χ0n) is 9.76. The number of rotatable bonds is 2. The molecule has 0 aromatic heterocycles. The standard InChI is InChI=1S/C7H7F6N3O3S2/c8-6(9,10)5-14-16(4-1-3(20)2-15(4)5)19-21(17,18)7(11,12)13/h3-4,20H,1-2H2. The number of hydrogen-bond donors (Lipinski definition) is 1. The Morgan fingerprint density at radius 3 is 2.29 bits per heavy atom. The van der Waals surface area contributed by atoms with E-state index in [9.17, 15) is 34.8 Å². The molecule has 2 aliphatic heterocycles. The fourth-order valence-electron chi connectivity index (χ4n) is 1.88. The molecule has 1 fully saturated rings. The van der Waals surface area contributed by atoms with E-state index in [1.54, 1.807) is 0 Å². The van der Waals surface area contributed by atoms with E-state index in [0.717, 1.165) is 0 Å². The lowest BCUT2D eigenvalue weighted by atomic mass is 10.3. The number of alkyl halides is 6. The molecule has 0 bridgehead atoms. The Balaban J connectivity index is 2.30. The Bertz CT molecular complexity index is 559. The molecule has 0 aromatic carbocycles. The van der Waals surface area contributed by atoms with Gasteiger partial charge in [-0.05, 0) is 0 Å². The van der Waals surface area contributed by atoms with Crippen molar-refractivity contribution in [1.29, 1.82) is 0 Å². The van der Waals surface area contributed by atoms with Gasteiger partial charge in [0.25, 0.3) is 0 Å². The topological polar surface area (TPSA) is 62.2 Å². The summed E-state index contributed by atoms with van der Waals surface area (Å²) in [6.07, 6.45) is -6.53. The second-order valence-electron chi connectivity index (χ2n) is 4.22. The van der Waals surface area contributed by atoms with Gasteiger partial charge in [0.05, 0.1) is 0 Å². The second kappa shape index (κ2) is 4.81. The van der Waals surface area contributed by atoms with E-state index in [2.05, 4.69) is 22.0 Å². The van der Waals surface area contributed by atoms with Crippen molar-refractivity contribution in [3.63, 3.8) is 0 Å². The van der Waals surface area contributed by atoms with Crippen LogP contribution in [0.3, 0.4) is 0 Å². The van der Waals surface area contributed by atoms with Crippen LogP contribution in [0.15, 0.2) is 5.10 Å². The predicted octanol–water partition coefficient (Wildman–Crippen LogP) is 1.29. The summed E-state index contributed by atoms with van der Waals surface area (Å²) in [6.45, 7) is -0.252. The summed E-state index contributed by atoms with van der Waals surface area (Å²) in [6, 6.07) is 0. The number of hydrazone groups is 1. The summed E-state index contributed by atoms with van der Waals surface area (Å²) in [5.41, 5.74) is -5.77. The third-order valence-corrected chi connectivity index (χ3v) is 3.97. The summed E-state index contributed by atoms with van der Waals surface area (Å²) in [5.74, 6) is -1.53. The molecule has 0 aromatic rings. The number of amidine groups is 1. The summed E-state index contributed by atoms with van der Waals surface area (Å²) in [7, 11) is -6.11. The second-order valence-corrected chi connectivity index (χ2v) is 6.47. The van der Waals surface area contributed by atoms with Crippen molar-refractivity contribution < 1.29 is 39.0 Å². The lowest BCUT2D eigenvalue weighted by Gasteiger charge is -2.23. The molecule has 2 aliphatic rings. The summed E-state index contributed by atoms with van der Waals surface area (Å²) in [5, 5.41) is 2.01. The van der Waals surface area contributed by atoms with E-state index in [1.807, 2.05) is 0 Å². The van der Waals surface area contributed by atoms with Crippen LogP contribution in [0.2, 0.25) is 0 Å². The Morgan fingerprint density at radius 1 is 1.24 bits per heavy atom. The molecule has 6 nitrogen and oxygen atoms in total. The molecule has 0 N–H and O–H groups in total. The largest absolute Gasteiger partial charge is 0.525 e. The molecule has 2 unspecified atom stereocenters. The van der Waals surface area contributed by atoms with E-state index < -0.39 is 39.1 Å². The smallest absolute Gasteiger partial charge is 0.326 e. The number of thiol groups is 1. The van der Waals surface area contributed by atoms with Gasteiger partial charge in [0.2, 0.25) is 5.84 Å². The summed E-state index contributed by atoms with van der Waals surface area (Å²) < 4.78 is 100. The van der Waals surface area contributed by atoms with Crippen molar-refractivity contribution in [2.45, 2.75) is 29.5 Å². The van der Waals surface area contributed by atoms with E-state index in [-0.39, 0.29) is 18.1 Å².